The van der Waals surface area contributed by atoms with Gasteiger partial charge in [-0.3, -0.25) is 9.52 Å². The number of rotatable bonds is 7. The smallest absolute Gasteiger partial charge is 0.262 e. The molecule has 7 nitrogen and oxygen atoms in total. The van der Waals surface area contributed by atoms with Crippen molar-refractivity contribution in [2.75, 3.05) is 24.5 Å². The fraction of sp³-hybridized carbons (Fsp3) is 0.350. The Morgan fingerprint density at radius 2 is 1.71 bits per heavy atom. The molecule has 1 amide bonds. The van der Waals surface area contributed by atoms with Gasteiger partial charge in [0.2, 0.25) is 0 Å². The van der Waals surface area contributed by atoms with Gasteiger partial charge < -0.3 is 14.8 Å². The number of amides is 1. The molecule has 3 rings (SSSR count). The van der Waals surface area contributed by atoms with E-state index in [2.05, 4.69) is 23.9 Å². The minimum absolute atomic E-state index is 0.0762. The molecule has 2 N–H and O–H groups in total. The average molecular weight is 404 g/mol. The quantitative estimate of drug-likeness (QED) is 0.740. The maximum absolute atomic E-state index is 12.6. The highest BCUT2D eigenvalue weighted by Crippen LogP contribution is 2.32. The van der Waals surface area contributed by atoms with Crippen molar-refractivity contribution < 1.29 is 22.7 Å². The zero-order chi connectivity index (χ0) is 20.1. The lowest BCUT2D eigenvalue weighted by molar-refractivity contribution is 0.0952. The van der Waals surface area contributed by atoms with E-state index in [0.29, 0.717) is 48.4 Å². The minimum Gasteiger partial charge on any atom is -0.486 e. The standard InChI is InChI=1S/C20H24N2O5S/c1-14(2)9-10-21-20(23)15-3-5-16(6-4-15)22-28(24,25)17-7-8-18-19(13-17)27-12-11-26-18/h3-8,13-14,22H,9-12H2,1-2H3,(H,21,23). The van der Waals surface area contributed by atoms with Crippen LogP contribution in [0.5, 0.6) is 11.5 Å². The molecule has 0 fully saturated rings. The van der Waals surface area contributed by atoms with Crippen LogP contribution in [0.15, 0.2) is 47.4 Å². The first-order valence-electron chi connectivity index (χ1n) is 9.16. The number of benzene rings is 2. The Labute approximate surface area is 165 Å². The Balaban J connectivity index is 1.67. The van der Waals surface area contributed by atoms with Crippen molar-refractivity contribution in [1.29, 1.82) is 0 Å². The number of hydrogen-bond acceptors (Lipinski definition) is 5. The van der Waals surface area contributed by atoms with E-state index in [1.54, 1.807) is 30.3 Å². The van der Waals surface area contributed by atoms with Gasteiger partial charge in [-0.05, 0) is 48.7 Å². The van der Waals surface area contributed by atoms with Crippen molar-refractivity contribution in [1.82, 2.24) is 5.32 Å². The Morgan fingerprint density at radius 1 is 1.04 bits per heavy atom. The highest BCUT2D eigenvalue weighted by molar-refractivity contribution is 7.92. The van der Waals surface area contributed by atoms with Crippen molar-refractivity contribution in [2.45, 2.75) is 25.2 Å². The van der Waals surface area contributed by atoms with E-state index in [1.807, 2.05) is 0 Å². The van der Waals surface area contributed by atoms with Crippen LogP contribution in [0.1, 0.15) is 30.6 Å². The number of hydrogen-bond donors (Lipinski definition) is 2. The molecule has 1 aliphatic heterocycles. The second-order valence-electron chi connectivity index (χ2n) is 6.93. The van der Waals surface area contributed by atoms with E-state index >= 15 is 0 Å². The van der Waals surface area contributed by atoms with Crippen LogP contribution >= 0.6 is 0 Å². The SMILES string of the molecule is CC(C)CCNC(=O)c1ccc(NS(=O)(=O)c2ccc3c(c2)OCCO3)cc1. The predicted octanol–water partition coefficient (Wildman–Crippen LogP) is 3.03. The van der Waals surface area contributed by atoms with Gasteiger partial charge in [0.25, 0.3) is 15.9 Å². The lowest BCUT2D eigenvalue weighted by atomic mass is 10.1. The lowest BCUT2D eigenvalue weighted by Gasteiger charge is -2.19. The number of fused-ring (bicyclic) bond motifs is 1. The van der Waals surface area contributed by atoms with Crippen molar-refractivity contribution >= 4 is 21.6 Å². The molecule has 0 spiro atoms. The Bertz CT molecular complexity index is 940. The van der Waals surface area contributed by atoms with Gasteiger partial charge in [-0.15, -0.1) is 0 Å². The third-order valence-electron chi connectivity index (χ3n) is 4.23. The fourth-order valence-corrected chi connectivity index (χ4v) is 3.74. The van der Waals surface area contributed by atoms with E-state index in [1.165, 1.54) is 12.1 Å². The highest BCUT2D eigenvalue weighted by Gasteiger charge is 2.19. The molecule has 0 saturated heterocycles. The van der Waals surface area contributed by atoms with E-state index in [4.69, 9.17) is 9.47 Å². The molecule has 150 valence electrons. The molecule has 1 heterocycles. The molecular weight excluding hydrogens is 380 g/mol. The number of sulfonamides is 1. The van der Waals surface area contributed by atoms with Crippen LogP contribution in [0.3, 0.4) is 0 Å². The Kier molecular flexibility index (Phi) is 6.08. The first-order chi connectivity index (χ1) is 13.3. The first kappa shape index (κ1) is 20.0. The summed E-state index contributed by atoms with van der Waals surface area (Å²) in [7, 11) is -3.79. The molecule has 0 unspecified atom stereocenters. The summed E-state index contributed by atoms with van der Waals surface area (Å²) < 4.78 is 38.6. The van der Waals surface area contributed by atoms with Crippen LogP contribution in [-0.2, 0) is 10.0 Å². The molecule has 0 radical (unpaired) electrons. The van der Waals surface area contributed by atoms with E-state index in [9.17, 15) is 13.2 Å². The van der Waals surface area contributed by atoms with Crippen LogP contribution in [0, 0.1) is 5.92 Å². The minimum atomic E-state index is -3.79. The molecule has 2 aromatic carbocycles. The molecule has 8 heteroatoms. The van der Waals surface area contributed by atoms with Crippen LogP contribution in [0.4, 0.5) is 5.69 Å². The van der Waals surface area contributed by atoms with Crippen molar-refractivity contribution in [3.05, 3.63) is 48.0 Å². The first-order valence-corrected chi connectivity index (χ1v) is 10.6. The Hall–Kier alpha value is -2.74. The van der Waals surface area contributed by atoms with Gasteiger partial charge in [-0.25, -0.2) is 8.42 Å². The summed E-state index contributed by atoms with van der Waals surface area (Å²) in [5.41, 5.74) is 0.847. The Morgan fingerprint density at radius 3 is 2.39 bits per heavy atom. The molecule has 0 atom stereocenters. The van der Waals surface area contributed by atoms with Gasteiger partial charge in [0.1, 0.15) is 13.2 Å². The van der Waals surface area contributed by atoms with Gasteiger partial charge in [0.15, 0.2) is 11.5 Å². The molecule has 0 aromatic heterocycles. The fourth-order valence-electron chi connectivity index (χ4n) is 2.67. The van der Waals surface area contributed by atoms with E-state index < -0.39 is 10.0 Å². The largest absolute Gasteiger partial charge is 0.486 e. The number of carbonyl (C=O) groups excluding carboxylic acids is 1. The van der Waals surface area contributed by atoms with Crippen molar-refractivity contribution in [3.63, 3.8) is 0 Å². The van der Waals surface area contributed by atoms with Gasteiger partial charge in [-0.2, -0.15) is 0 Å². The molecule has 2 aromatic rings. The number of carbonyl (C=O) groups is 1. The molecule has 1 aliphatic rings. The summed E-state index contributed by atoms with van der Waals surface area (Å²) >= 11 is 0. The average Bonchev–Trinajstić information content (AvgIpc) is 2.67. The second-order valence-corrected chi connectivity index (χ2v) is 8.61. The van der Waals surface area contributed by atoms with Gasteiger partial charge in [-0.1, -0.05) is 13.8 Å². The van der Waals surface area contributed by atoms with Crippen molar-refractivity contribution in [2.24, 2.45) is 5.92 Å². The predicted molar refractivity (Wildman–Crippen MR) is 106 cm³/mol. The molecule has 0 aliphatic carbocycles. The van der Waals surface area contributed by atoms with Gasteiger partial charge >= 0.3 is 0 Å². The molecular formula is C20H24N2O5S. The maximum Gasteiger partial charge on any atom is 0.262 e. The molecule has 0 bridgehead atoms. The zero-order valence-corrected chi connectivity index (χ0v) is 16.7. The topological polar surface area (TPSA) is 93.7 Å². The van der Waals surface area contributed by atoms with E-state index in [0.717, 1.165) is 6.42 Å². The zero-order valence-electron chi connectivity index (χ0n) is 15.9. The summed E-state index contributed by atoms with van der Waals surface area (Å²) in [5.74, 6) is 1.26. The number of nitrogens with one attached hydrogen (secondary N) is 2. The highest BCUT2D eigenvalue weighted by atomic mass is 32.2. The number of anilines is 1. The summed E-state index contributed by atoms with van der Waals surface area (Å²) in [6.45, 7) is 5.61. The third kappa shape index (κ3) is 4.95. The molecule has 0 saturated carbocycles. The van der Waals surface area contributed by atoms with Crippen molar-refractivity contribution in [3.8, 4) is 11.5 Å². The normalized spacial score (nSPS) is 13.2. The summed E-state index contributed by atoms with van der Waals surface area (Å²) in [4.78, 5) is 12.2. The van der Waals surface area contributed by atoms with Gasteiger partial charge in [0.05, 0.1) is 4.90 Å². The summed E-state index contributed by atoms with van der Waals surface area (Å²) in [5, 5.41) is 2.85. The van der Waals surface area contributed by atoms with Crippen LogP contribution in [0.2, 0.25) is 0 Å². The monoisotopic (exact) mass is 404 g/mol. The van der Waals surface area contributed by atoms with Crippen LogP contribution in [0.25, 0.3) is 0 Å². The number of ether oxygens (including phenoxy) is 2. The third-order valence-corrected chi connectivity index (χ3v) is 5.61. The molecule has 28 heavy (non-hydrogen) atoms. The maximum atomic E-state index is 12.6. The lowest BCUT2D eigenvalue weighted by Crippen LogP contribution is -2.25. The summed E-state index contributed by atoms with van der Waals surface area (Å²) in [6.07, 6.45) is 0.902. The van der Waals surface area contributed by atoms with Crippen LogP contribution in [-0.4, -0.2) is 34.1 Å². The summed E-state index contributed by atoms with van der Waals surface area (Å²) in [6, 6.07) is 10.8. The van der Waals surface area contributed by atoms with E-state index in [-0.39, 0.29) is 10.8 Å². The van der Waals surface area contributed by atoms with Gasteiger partial charge in [0, 0.05) is 23.9 Å². The van der Waals surface area contributed by atoms with Crippen LogP contribution < -0.4 is 19.5 Å². The second kappa shape index (κ2) is 8.52.